The van der Waals surface area contributed by atoms with E-state index >= 15 is 0 Å². The van der Waals surface area contributed by atoms with Gasteiger partial charge in [0.1, 0.15) is 5.82 Å². The number of nitrogens with zero attached hydrogens (tertiary/aromatic N) is 2. The summed E-state index contributed by atoms with van der Waals surface area (Å²) in [5.41, 5.74) is 1.65. The van der Waals surface area contributed by atoms with Crippen LogP contribution in [-0.4, -0.2) is 16.3 Å². The Labute approximate surface area is 138 Å². The normalized spacial score (nSPS) is 13.0. The van der Waals surface area contributed by atoms with Gasteiger partial charge in [0.15, 0.2) is 11.5 Å². The molecule has 1 aromatic heterocycles. The van der Waals surface area contributed by atoms with E-state index in [1.807, 2.05) is 61.5 Å². The molecule has 5 heteroatoms. The minimum absolute atomic E-state index is 0.0200. The second kappa shape index (κ2) is 5.85. The molecule has 1 aliphatic heterocycles. The van der Waals surface area contributed by atoms with Crippen molar-refractivity contribution in [2.75, 3.05) is 6.79 Å². The van der Waals surface area contributed by atoms with Crippen molar-refractivity contribution in [1.29, 1.82) is 0 Å². The molecule has 3 aromatic rings. The predicted octanol–water partition coefficient (Wildman–Crippen LogP) is 3.32. The first-order valence-corrected chi connectivity index (χ1v) is 7.83. The van der Waals surface area contributed by atoms with Crippen LogP contribution in [0.5, 0.6) is 11.5 Å². The highest BCUT2D eigenvalue weighted by Gasteiger charge is 2.12. The zero-order valence-electron chi connectivity index (χ0n) is 13.2. The second-order valence-electron chi connectivity index (χ2n) is 5.48. The lowest BCUT2D eigenvalue weighted by molar-refractivity contribution is 0.174. The van der Waals surface area contributed by atoms with Crippen molar-refractivity contribution >= 4 is 23.1 Å². The lowest BCUT2D eigenvalue weighted by atomic mass is 10.2. The van der Waals surface area contributed by atoms with Gasteiger partial charge >= 0.3 is 0 Å². The van der Waals surface area contributed by atoms with Crippen molar-refractivity contribution in [3.63, 3.8) is 0 Å². The zero-order chi connectivity index (χ0) is 16.5. The standard InChI is InChI=1S/C19H16N2O3/c1-2-21-18(20-15-6-4-3-5-14(15)19(21)22)10-8-13-7-9-16-17(11-13)24-12-23-16/h3-11H,2,12H2,1H3. The van der Waals surface area contributed by atoms with Gasteiger partial charge in [-0.3, -0.25) is 9.36 Å². The first-order valence-electron chi connectivity index (χ1n) is 7.83. The van der Waals surface area contributed by atoms with Crippen molar-refractivity contribution in [2.45, 2.75) is 13.5 Å². The number of aromatic nitrogens is 2. The minimum Gasteiger partial charge on any atom is -0.454 e. The number of hydrogen-bond acceptors (Lipinski definition) is 4. The molecule has 0 spiro atoms. The lowest BCUT2D eigenvalue weighted by Gasteiger charge is -2.08. The maximum Gasteiger partial charge on any atom is 0.261 e. The van der Waals surface area contributed by atoms with Gasteiger partial charge in [-0.05, 0) is 42.8 Å². The van der Waals surface area contributed by atoms with Crippen LogP contribution in [0.4, 0.5) is 0 Å². The Kier molecular flexibility index (Phi) is 3.54. The highest BCUT2D eigenvalue weighted by molar-refractivity contribution is 5.79. The lowest BCUT2D eigenvalue weighted by Crippen LogP contribution is -2.22. The van der Waals surface area contributed by atoms with Crippen molar-refractivity contribution in [1.82, 2.24) is 9.55 Å². The third-order valence-corrected chi connectivity index (χ3v) is 4.03. The number of fused-ring (bicyclic) bond motifs is 2. The van der Waals surface area contributed by atoms with Gasteiger partial charge in [0.05, 0.1) is 10.9 Å². The van der Waals surface area contributed by atoms with Gasteiger partial charge in [0.25, 0.3) is 5.56 Å². The Morgan fingerprint density at radius 3 is 2.83 bits per heavy atom. The van der Waals surface area contributed by atoms with E-state index in [4.69, 9.17) is 9.47 Å². The summed E-state index contributed by atoms with van der Waals surface area (Å²) in [6.07, 6.45) is 3.78. The van der Waals surface area contributed by atoms with Crippen LogP contribution in [0.1, 0.15) is 18.3 Å². The van der Waals surface area contributed by atoms with E-state index in [2.05, 4.69) is 4.98 Å². The molecule has 24 heavy (non-hydrogen) atoms. The molecular formula is C19H16N2O3. The van der Waals surface area contributed by atoms with E-state index in [0.29, 0.717) is 23.3 Å². The number of hydrogen-bond donors (Lipinski definition) is 0. The molecule has 120 valence electrons. The molecule has 0 amide bonds. The Hall–Kier alpha value is -3.08. The maximum absolute atomic E-state index is 12.6. The molecule has 0 radical (unpaired) electrons. The highest BCUT2D eigenvalue weighted by atomic mass is 16.7. The van der Waals surface area contributed by atoms with Crippen molar-refractivity contribution in [3.05, 3.63) is 64.2 Å². The molecule has 2 aromatic carbocycles. The molecule has 2 heterocycles. The maximum atomic E-state index is 12.6. The van der Waals surface area contributed by atoms with E-state index in [0.717, 1.165) is 17.1 Å². The summed E-state index contributed by atoms with van der Waals surface area (Å²) in [5, 5.41) is 0.638. The van der Waals surface area contributed by atoms with Crippen molar-refractivity contribution < 1.29 is 9.47 Å². The van der Waals surface area contributed by atoms with Crippen LogP contribution in [0.15, 0.2) is 47.3 Å². The summed E-state index contributed by atoms with van der Waals surface area (Å²) < 4.78 is 12.4. The molecule has 0 bridgehead atoms. The fourth-order valence-electron chi connectivity index (χ4n) is 2.81. The molecule has 0 saturated heterocycles. The molecule has 0 aliphatic carbocycles. The summed E-state index contributed by atoms with van der Waals surface area (Å²) in [4.78, 5) is 17.2. The Bertz CT molecular complexity index is 1010. The fourth-order valence-corrected chi connectivity index (χ4v) is 2.81. The SMILES string of the molecule is CCn1c(C=Cc2ccc3c(c2)OCO3)nc2ccccc2c1=O. The molecule has 4 rings (SSSR count). The number of para-hydroxylation sites is 1. The molecule has 0 unspecified atom stereocenters. The van der Waals surface area contributed by atoms with Crippen molar-refractivity contribution in [3.8, 4) is 11.5 Å². The van der Waals surface area contributed by atoms with E-state index in [1.165, 1.54) is 0 Å². The Morgan fingerprint density at radius 2 is 1.96 bits per heavy atom. The second-order valence-corrected chi connectivity index (χ2v) is 5.48. The van der Waals surface area contributed by atoms with Crippen molar-refractivity contribution in [2.24, 2.45) is 0 Å². The van der Waals surface area contributed by atoms with Crippen LogP contribution < -0.4 is 15.0 Å². The Balaban J connectivity index is 1.77. The number of benzene rings is 2. The van der Waals surface area contributed by atoms with Gasteiger partial charge < -0.3 is 9.47 Å². The molecule has 0 fully saturated rings. The van der Waals surface area contributed by atoms with Gasteiger partial charge in [0.2, 0.25) is 6.79 Å². The number of ether oxygens (including phenoxy) is 2. The summed E-state index contributed by atoms with van der Waals surface area (Å²) in [5.74, 6) is 2.12. The third-order valence-electron chi connectivity index (χ3n) is 4.03. The van der Waals surface area contributed by atoms with Gasteiger partial charge in [-0.25, -0.2) is 4.98 Å². The molecular weight excluding hydrogens is 304 g/mol. The summed E-state index contributed by atoms with van der Waals surface area (Å²) >= 11 is 0. The van der Waals surface area contributed by atoms with Gasteiger partial charge in [-0.1, -0.05) is 24.3 Å². The quantitative estimate of drug-likeness (QED) is 0.743. The van der Waals surface area contributed by atoms with Crippen LogP contribution >= 0.6 is 0 Å². The van der Waals surface area contributed by atoms with Crippen LogP contribution in [-0.2, 0) is 6.54 Å². The van der Waals surface area contributed by atoms with Gasteiger partial charge in [-0.2, -0.15) is 0 Å². The molecule has 1 aliphatic rings. The average Bonchev–Trinajstić information content (AvgIpc) is 3.08. The van der Waals surface area contributed by atoms with Crippen LogP contribution in [0.2, 0.25) is 0 Å². The predicted molar refractivity (Wildman–Crippen MR) is 93.2 cm³/mol. The van der Waals surface area contributed by atoms with Gasteiger partial charge in [0, 0.05) is 6.54 Å². The topological polar surface area (TPSA) is 53.4 Å². The van der Waals surface area contributed by atoms with E-state index in [1.54, 1.807) is 4.57 Å². The average molecular weight is 320 g/mol. The monoisotopic (exact) mass is 320 g/mol. The van der Waals surface area contributed by atoms with E-state index in [9.17, 15) is 4.79 Å². The molecule has 5 nitrogen and oxygen atoms in total. The first kappa shape index (κ1) is 14.5. The Morgan fingerprint density at radius 1 is 1.12 bits per heavy atom. The largest absolute Gasteiger partial charge is 0.454 e. The smallest absolute Gasteiger partial charge is 0.261 e. The minimum atomic E-state index is -0.0200. The first-order chi connectivity index (χ1) is 11.8. The highest BCUT2D eigenvalue weighted by Crippen LogP contribution is 2.32. The van der Waals surface area contributed by atoms with Gasteiger partial charge in [-0.15, -0.1) is 0 Å². The van der Waals surface area contributed by atoms with E-state index in [-0.39, 0.29) is 12.4 Å². The van der Waals surface area contributed by atoms with Crippen LogP contribution in [0.3, 0.4) is 0 Å². The van der Waals surface area contributed by atoms with E-state index < -0.39 is 0 Å². The van der Waals surface area contributed by atoms with Crippen LogP contribution in [0, 0.1) is 0 Å². The third kappa shape index (κ3) is 2.44. The summed E-state index contributed by atoms with van der Waals surface area (Å²) in [7, 11) is 0. The van der Waals surface area contributed by atoms with Crippen LogP contribution in [0.25, 0.3) is 23.1 Å². The molecule has 0 N–H and O–H groups in total. The number of rotatable bonds is 3. The fraction of sp³-hybridized carbons (Fsp3) is 0.158. The molecule has 0 saturated carbocycles. The summed E-state index contributed by atoms with van der Waals surface area (Å²) in [6.45, 7) is 2.76. The summed E-state index contributed by atoms with van der Waals surface area (Å²) in [6, 6.07) is 13.1. The molecule has 0 atom stereocenters. The zero-order valence-corrected chi connectivity index (χ0v) is 13.2.